The summed E-state index contributed by atoms with van der Waals surface area (Å²) >= 11 is 1.90. The monoisotopic (exact) mass is 562 g/mol. The van der Waals surface area contributed by atoms with Crippen molar-refractivity contribution in [3.05, 3.63) is 158 Å². The normalized spacial score (nSPS) is 11.7. The summed E-state index contributed by atoms with van der Waals surface area (Å²) in [6, 6.07) is 57.9. The van der Waals surface area contributed by atoms with E-state index in [0.29, 0.717) is 0 Å². The highest BCUT2D eigenvalue weighted by Crippen LogP contribution is 2.44. The van der Waals surface area contributed by atoms with Crippen LogP contribution in [0.3, 0.4) is 0 Å². The van der Waals surface area contributed by atoms with Crippen molar-refractivity contribution >= 4 is 63.8 Å². The molecule has 0 radical (unpaired) electrons. The standard InChI is InChI=1S/C42H26S/c1-3-11-27(12-4-1)31-24-38(28-13-5-2-6-14-28)42-40(25-31)37-22-20-30(26-41(37)43-42)29-19-21-36-34-17-8-7-15-32(34)33-16-9-10-18-35(33)39(36)23-29/h1-26H. The van der Waals surface area contributed by atoms with E-state index in [-0.39, 0.29) is 0 Å². The molecule has 0 fully saturated rings. The van der Waals surface area contributed by atoms with Crippen molar-refractivity contribution in [2.75, 3.05) is 0 Å². The first-order chi connectivity index (χ1) is 21.3. The van der Waals surface area contributed by atoms with Crippen molar-refractivity contribution in [2.45, 2.75) is 0 Å². The number of thiophene rings is 1. The van der Waals surface area contributed by atoms with Crippen molar-refractivity contribution in [2.24, 2.45) is 0 Å². The molecule has 0 amide bonds. The molecule has 0 aliphatic carbocycles. The van der Waals surface area contributed by atoms with Gasteiger partial charge in [-0.3, -0.25) is 0 Å². The maximum atomic E-state index is 2.39. The summed E-state index contributed by atoms with van der Waals surface area (Å²) < 4.78 is 2.66. The SMILES string of the molecule is c1ccc(-c2cc(-c3ccccc3)c3sc4cc(-c5ccc6c7ccccc7c7ccccc7c6c5)ccc4c3c2)cc1. The van der Waals surface area contributed by atoms with Gasteiger partial charge < -0.3 is 0 Å². The first-order valence-corrected chi connectivity index (χ1v) is 15.6. The van der Waals surface area contributed by atoms with Crippen LogP contribution in [0, 0.1) is 0 Å². The maximum Gasteiger partial charge on any atom is 0.0434 e. The fourth-order valence-corrected chi connectivity index (χ4v) is 8.03. The lowest BCUT2D eigenvalue weighted by atomic mass is 9.92. The van der Waals surface area contributed by atoms with Gasteiger partial charge in [0, 0.05) is 25.7 Å². The summed E-state index contributed by atoms with van der Waals surface area (Å²) in [5, 5.41) is 10.5. The third-order valence-corrected chi connectivity index (χ3v) is 10.0. The van der Waals surface area contributed by atoms with Gasteiger partial charge in [0.15, 0.2) is 0 Å². The molecule has 0 nitrogen and oxygen atoms in total. The van der Waals surface area contributed by atoms with Crippen molar-refractivity contribution in [3.8, 4) is 33.4 Å². The Labute approximate surface area is 254 Å². The van der Waals surface area contributed by atoms with Gasteiger partial charge in [0.2, 0.25) is 0 Å². The van der Waals surface area contributed by atoms with Gasteiger partial charge in [-0.15, -0.1) is 11.3 Å². The third kappa shape index (κ3) is 3.90. The lowest BCUT2D eigenvalue weighted by Crippen LogP contribution is -1.85. The second-order valence-corrected chi connectivity index (χ2v) is 12.3. The van der Waals surface area contributed by atoms with Gasteiger partial charge in [0.25, 0.3) is 0 Å². The van der Waals surface area contributed by atoms with Gasteiger partial charge in [-0.2, -0.15) is 0 Å². The van der Waals surface area contributed by atoms with Crippen molar-refractivity contribution in [1.29, 1.82) is 0 Å². The van der Waals surface area contributed by atoms with Crippen LogP contribution in [0.5, 0.6) is 0 Å². The molecule has 200 valence electrons. The molecule has 0 aliphatic heterocycles. The fourth-order valence-electron chi connectivity index (χ4n) is 6.77. The molecule has 1 aromatic heterocycles. The first kappa shape index (κ1) is 24.4. The Hall–Kier alpha value is -5.24. The number of hydrogen-bond donors (Lipinski definition) is 0. The Morgan fingerprint density at radius 1 is 0.279 bits per heavy atom. The topological polar surface area (TPSA) is 0 Å². The summed E-state index contributed by atoms with van der Waals surface area (Å²) in [6.45, 7) is 0. The highest BCUT2D eigenvalue weighted by Gasteiger charge is 2.15. The second kappa shape index (κ2) is 9.66. The van der Waals surface area contributed by atoms with Crippen LogP contribution in [0.25, 0.3) is 85.9 Å². The zero-order valence-corrected chi connectivity index (χ0v) is 24.2. The van der Waals surface area contributed by atoms with Crippen LogP contribution in [0.2, 0.25) is 0 Å². The summed E-state index contributed by atoms with van der Waals surface area (Å²) in [4.78, 5) is 0. The van der Waals surface area contributed by atoms with Gasteiger partial charge in [-0.05, 0) is 84.4 Å². The Bertz CT molecular complexity index is 2450. The van der Waals surface area contributed by atoms with Crippen molar-refractivity contribution < 1.29 is 0 Å². The molecule has 0 saturated carbocycles. The van der Waals surface area contributed by atoms with Gasteiger partial charge >= 0.3 is 0 Å². The van der Waals surface area contributed by atoms with Crippen LogP contribution in [0.15, 0.2) is 158 Å². The lowest BCUT2D eigenvalue weighted by Gasteiger charge is -2.12. The lowest BCUT2D eigenvalue weighted by molar-refractivity contribution is 1.63. The number of fused-ring (bicyclic) bond motifs is 9. The van der Waals surface area contributed by atoms with Gasteiger partial charge in [0.05, 0.1) is 0 Å². The average Bonchev–Trinajstić information content (AvgIpc) is 3.46. The van der Waals surface area contributed by atoms with Gasteiger partial charge in [-0.1, -0.05) is 133 Å². The molecule has 0 saturated heterocycles. The number of benzene rings is 8. The Morgan fingerprint density at radius 3 is 1.42 bits per heavy atom. The van der Waals surface area contributed by atoms with E-state index in [9.17, 15) is 0 Å². The summed E-state index contributed by atoms with van der Waals surface area (Å²) in [5.41, 5.74) is 7.55. The molecule has 43 heavy (non-hydrogen) atoms. The Balaban J connectivity index is 1.27. The summed E-state index contributed by atoms with van der Waals surface area (Å²) in [5.74, 6) is 0. The van der Waals surface area contributed by atoms with Crippen LogP contribution in [0.4, 0.5) is 0 Å². The van der Waals surface area contributed by atoms with Crippen LogP contribution >= 0.6 is 11.3 Å². The predicted octanol–water partition coefficient (Wildman–Crippen LogP) is 12.5. The number of hydrogen-bond acceptors (Lipinski definition) is 1. The second-order valence-electron chi connectivity index (χ2n) is 11.3. The molecule has 0 aliphatic rings. The molecule has 0 atom stereocenters. The van der Waals surface area contributed by atoms with Gasteiger partial charge in [-0.25, -0.2) is 0 Å². The first-order valence-electron chi connectivity index (χ1n) is 14.8. The van der Waals surface area contributed by atoms with Crippen molar-refractivity contribution in [3.63, 3.8) is 0 Å². The molecule has 1 heteroatoms. The zero-order valence-electron chi connectivity index (χ0n) is 23.4. The molecular formula is C42H26S. The van der Waals surface area contributed by atoms with Crippen LogP contribution in [-0.2, 0) is 0 Å². The quantitative estimate of drug-likeness (QED) is 0.188. The molecule has 0 N–H and O–H groups in total. The summed E-state index contributed by atoms with van der Waals surface area (Å²) in [7, 11) is 0. The third-order valence-electron chi connectivity index (χ3n) is 8.84. The molecule has 0 bridgehead atoms. The largest absolute Gasteiger partial charge is 0.135 e. The molecule has 8 aromatic carbocycles. The van der Waals surface area contributed by atoms with E-state index in [0.717, 1.165) is 0 Å². The minimum atomic E-state index is 1.24. The molecule has 1 heterocycles. The van der Waals surface area contributed by atoms with Gasteiger partial charge in [0.1, 0.15) is 0 Å². The van der Waals surface area contributed by atoms with Crippen LogP contribution in [0.1, 0.15) is 0 Å². The number of rotatable bonds is 3. The zero-order chi connectivity index (χ0) is 28.3. The molecule has 9 aromatic rings. The summed E-state index contributed by atoms with van der Waals surface area (Å²) in [6.07, 6.45) is 0. The smallest absolute Gasteiger partial charge is 0.0434 e. The molecule has 0 unspecified atom stereocenters. The van der Waals surface area contributed by atoms with E-state index >= 15 is 0 Å². The minimum Gasteiger partial charge on any atom is -0.135 e. The Morgan fingerprint density at radius 2 is 0.767 bits per heavy atom. The maximum absolute atomic E-state index is 2.39. The van der Waals surface area contributed by atoms with Crippen LogP contribution in [-0.4, -0.2) is 0 Å². The Kier molecular flexibility index (Phi) is 5.47. The van der Waals surface area contributed by atoms with E-state index in [1.54, 1.807) is 0 Å². The predicted molar refractivity (Wildman–Crippen MR) is 188 cm³/mol. The van der Waals surface area contributed by atoms with E-state index in [1.165, 1.54) is 85.9 Å². The van der Waals surface area contributed by atoms with E-state index in [2.05, 4.69) is 158 Å². The van der Waals surface area contributed by atoms with E-state index in [4.69, 9.17) is 0 Å². The highest BCUT2D eigenvalue weighted by atomic mass is 32.1. The molecule has 0 spiro atoms. The van der Waals surface area contributed by atoms with Crippen molar-refractivity contribution in [1.82, 2.24) is 0 Å². The minimum absolute atomic E-state index is 1.24. The molecular weight excluding hydrogens is 537 g/mol. The molecule has 9 rings (SSSR count). The van der Waals surface area contributed by atoms with E-state index < -0.39 is 0 Å². The highest BCUT2D eigenvalue weighted by molar-refractivity contribution is 7.26. The van der Waals surface area contributed by atoms with Crippen LogP contribution < -0.4 is 0 Å². The fraction of sp³-hybridized carbons (Fsp3) is 0. The van der Waals surface area contributed by atoms with E-state index in [1.807, 2.05) is 11.3 Å². The average molecular weight is 563 g/mol.